The first-order valence-corrected chi connectivity index (χ1v) is 36.9. The van der Waals surface area contributed by atoms with E-state index in [1.165, 1.54) is 178 Å². The van der Waals surface area contributed by atoms with Gasteiger partial charge in [-0.25, -0.2) is 0 Å². The Bertz CT molecular complexity index is 5920. The lowest BCUT2D eigenvalue weighted by atomic mass is 9.82. The normalized spacial score (nSPS) is 13.4. The molecule has 3 aliphatic carbocycles. The Labute approximate surface area is 619 Å². The lowest BCUT2D eigenvalue weighted by molar-refractivity contribution is 0.660. The second-order valence-electron chi connectivity index (χ2n) is 30.2. The smallest absolute Gasteiger partial charge is 0.0420 e. The summed E-state index contributed by atoms with van der Waals surface area (Å²) < 4.78 is 0. The molecule has 16 aromatic rings. The van der Waals surface area contributed by atoms with Crippen LogP contribution >= 0.6 is 0 Å². The highest BCUT2D eigenvalue weighted by molar-refractivity contribution is 6.14. The Morgan fingerprint density at radius 1 is 0.171 bits per heavy atom. The summed E-state index contributed by atoms with van der Waals surface area (Å²) in [5.41, 5.74) is 33.7. The van der Waals surface area contributed by atoms with Gasteiger partial charge in [0.2, 0.25) is 0 Å². The first kappa shape index (κ1) is 66.0. The van der Waals surface area contributed by atoms with E-state index in [9.17, 15) is 0 Å². The van der Waals surface area contributed by atoms with Crippen molar-refractivity contribution in [3.8, 4) is 77.9 Å². The maximum Gasteiger partial charge on any atom is 0.0420 e. The quantitative estimate of drug-likeness (QED) is 0.126. The molecule has 0 amide bonds. The summed E-state index contributed by atoms with van der Waals surface area (Å²) >= 11 is 0. The van der Waals surface area contributed by atoms with Gasteiger partial charge in [-0.2, -0.15) is 0 Å². The molecule has 3 nitrogen and oxygen atoms in total. The molecule has 0 unspecified atom stereocenters. The Morgan fingerprint density at radius 3 is 0.971 bits per heavy atom. The zero-order chi connectivity index (χ0) is 71.7. The minimum Gasteiger partial charge on any atom is -0.345 e. The third kappa shape index (κ3) is 11.8. The maximum absolute atomic E-state index is 2.38. The summed E-state index contributed by atoms with van der Waals surface area (Å²) in [4.78, 5) is 6.89. The zero-order valence-electron chi connectivity index (χ0n) is 61.3. The minimum atomic E-state index is -0.0101. The van der Waals surface area contributed by atoms with Crippen LogP contribution in [0, 0.1) is 0 Å². The summed E-state index contributed by atoms with van der Waals surface area (Å²) in [6.07, 6.45) is 0. The molecule has 0 radical (unpaired) electrons. The maximum atomic E-state index is 2.38. The lowest BCUT2D eigenvalue weighted by Gasteiger charge is -2.25. The third-order valence-corrected chi connectivity index (χ3v) is 23.1. The van der Waals surface area contributed by atoms with Gasteiger partial charge in [0.25, 0.3) is 0 Å². The molecular formula is C102H85N3. The Balaban J connectivity index is 0.000000116. The van der Waals surface area contributed by atoms with Gasteiger partial charge in [0.1, 0.15) is 0 Å². The van der Waals surface area contributed by atoms with Crippen molar-refractivity contribution in [3.63, 3.8) is 0 Å². The van der Waals surface area contributed by atoms with Crippen LogP contribution in [0.25, 0.3) is 110 Å². The molecule has 16 aromatic carbocycles. The van der Waals surface area contributed by atoms with E-state index in [2.05, 4.69) is 429 Å². The molecule has 105 heavy (non-hydrogen) atoms. The van der Waals surface area contributed by atoms with Crippen molar-refractivity contribution >= 4 is 66.4 Å². The highest BCUT2D eigenvalue weighted by Crippen LogP contribution is 2.53. The van der Waals surface area contributed by atoms with Crippen molar-refractivity contribution in [1.29, 1.82) is 0 Å². The molecule has 0 fully saturated rings. The lowest BCUT2D eigenvalue weighted by Crippen LogP contribution is -2.16. The van der Waals surface area contributed by atoms with Gasteiger partial charge in [0.05, 0.1) is 0 Å². The van der Waals surface area contributed by atoms with Gasteiger partial charge in [-0.15, -0.1) is 0 Å². The Hall–Kier alpha value is -12.3. The molecule has 0 spiro atoms. The molecule has 3 heteroatoms. The summed E-state index contributed by atoms with van der Waals surface area (Å²) in [5.74, 6) is 0. The fourth-order valence-corrected chi connectivity index (χ4v) is 17.0. The SMILES string of the molecule is CN(c1cc(-c2ccccc2)cc(-c2ccccc2)c1)c1ccc2c(c1)C(C)(C)c1ccccc1-2.CN(c1ccc(-c2cc3ccccc3c3ccccc23)cc1)c1ccc2c(c1)C(C)(C)c1ccccc1-2.CN(c1ccc(-c2ccc3ccccc3c2)cc1)c1ccc2c(c1)C(C)(C)c1ccccc1-2. The van der Waals surface area contributed by atoms with Crippen LogP contribution in [0.5, 0.6) is 0 Å². The Morgan fingerprint density at radius 2 is 0.505 bits per heavy atom. The standard InChI is InChI=1S/C36H29N.C34H29N.C32H27N/c1-36(2)34-15-9-8-14-31(34)32-21-20-27(23-35(32)36)37(3)26-18-16-24(17-19-26)33-22-25-10-4-5-11-28(25)29-12-6-7-13-30(29)33;1-34(2)32-17-11-10-16-30(32)31-19-18-28(23-33(31)34)35(3)29-21-26(24-12-6-4-7-13-24)20-27(22-29)25-14-8-5-9-15-25;1-32(2)30-11-7-6-10-28(30)29-19-18-27(21-31(29)32)33(3)26-16-14-23(15-17-26)25-13-12-22-8-4-5-9-24(22)20-25/h4-23H,1-3H3;4-23H,1-3H3;4-21H,1-3H3. The fraction of sp³-hybridized carbons (Fsp3) is 0.118. The van der Waals surface area contributed by atoms with E-state index in [0.717, 1.165) is 0 Å². The molecule has 0 N–H and O–H groups in total. The van der Waals surface area contributed by atoms with E-state index < -0.39 is 0 Å². The van der Waals surface area contributed by atoms with Crippen LogP contribution in [0.3, 0.4) is 0 Å². The van der Waals surface area contributed by atoms with Crippen LogP contribution in [0.1, 0.15) is 74.9 Å². The van der Waals surface area contributed by atoms with E-state index >= 15 is 0 Å². The van der Waals surface area contributed by atoms with E-state index in [1.807, 2.05) is 0 Å². The fourth-order valence-electron chi connectivity index (χ4n) is 17.0. The van der Waals surface area contributed by atoms with E-state index in [4.69, 9.17) is 0 Å². The van der Waals surface area contributed by atoms with Crippen molar-refractivity contribution in [3.05, 3.63) is 385 Å². The summed E-state index contributed by atoms with van der Waals surface area (Å²) in [6, 6.07) is 128. The van der Waals surface area contributed by atoms with Crippen LogP contribution in [-0.4, -0.2) is 21.1 Å². The number of anilines is 6. The average Bonchev–Trinajstić information content (AvgIpc) is 1.62. The largest absolute Gasteiger partial charge is 0.345 e. The Kier molecular flexibility index (Phi) is 16.7. The molecule has 0 aromatic heterocycles. The number of nitrogens with zero attached hydrogens (tertiary/aromatic N) is 3. The molecular weight excluding hydrogens is 1270 g/mol. The number of hydrogen-bond acceptors (Lipinski definition) is 3. The number of fused-ring (bicyclic) bond motifs is 13. The first-order valence-electron chi connectivity index (χ1n) is 36.9. The second kappa shape index (κ2) is 26.5. The predicted molar refractivity (Wildman–Crippen MR) is 450 cm³/mol. The summed E-state index contributed by atoms with van der Waals surface area (Å²) in [5, 5.41) is 7.73. The van der Waals surface area contributed by atoms with Gasteiger partial charge in [0.15, 0.2) is 0 Å². The average molecular weight is 1350 g/mol. The summed E-state index contributed by atoms with van der Waals surface area (Å²) in [6.45, 7) is 14.0. The number of hydrogen-bond donors (Lipinski definition) is 0. The molecule has 3 aliphatic rings. The molecule has 0 saturated carbocycles. The monoisotopic (exact) mass is 1350 g/mol. The van der Waals surface area contributed by atoms with Gasteiger partial charge >= 0.3 is 0 Å². The van der Waals surface area contributed by atoms with Crippen molar-refractivity contribution in [1.82, 2.24) is 0 Å². The molecule has 0 heterocycles. The number of benzene rings is 16. The van der Waals surface area contributed by atoms with Crippen LogP contribution in [-0.2, 0) is 16.2 Å². The predicted octanol–water partition coefficient (Wildman–Crippen LogP) is 27.4. The third-order valence-electron chi connectivity index (χ3n) is 23.1. The van der Waals surface area contributed by atoms with Gasteiger partial charge in [-0.1, -0.05) is 302 Å². The molecule has 0 bridgehead atoms. The zero-order valence-corrected chi connectivity index (χ0v) is 61.3. The van der Waals surface area contributed by atoms with Crippen LogP contribution in [0.2, 0.25) is 0 Å². The van der Waals surface area contributed by atoms with Gasteiger partial charge in [-0.05, 0) is 235 Å². The van der Waals surface area contributed by atoms with Crippen molar-refractivity contribution in [2.75, 3.05) is 35.8 Å². The van der Waals surface area contributed by atoms with Crippen LogP contribution in [0.15, 0.2) is 352 Å². The molecule has 0 aliphatic heterocycles. The van der Waals surface area contributed by atoms with Gasteiger partial charge in [0, 0.05) is 71.5 Å². The molecule has 508 valence electrons. The highest BCUT2D eigenvalue weighted by atomic mass is 15.1. The van der Waals surface area contributed by atoms with Crippen molar-refractivity contribution in [2.45, 2.75) is 57.8 Å². The van der Waals surface area contributed by atoms with Crippen LogP contribution in [0.4, 0.5) is 34.1 Å². The molecule has 19 rings (SSSR count). The number of rotatable bonds is 10. The van der Waals surface area contributed by atoms with Gasteiger partial charge < -0.3 is 14.7 Å². The summed E-state index contributed by atoms with van der Waals surface area (Å²) in [7, 11) is 6.49. The topological polar surface area (TPSA) is 9.72 Å². The van der Waals surface area contributed by atoms with Crippen molar-refractivity contribution < 1.29 is 0 Å². The van der Waals surface area contributed by atoms with Crippen LogP contribution < -0.4 is 14.7 Å². The van der Waals surface area contributed by atoms with E-state index in [1.54, 1.807) is 0 Å². The minimum absolute atomic E-state index is 0.00374. The molecule has 0 atom stereocenters. The van der Waals surface area contributed by atoms with Gasteiger partial charge in [-0.3, -0.25) is 0 Å². The van der Waals surface area contributed by atoms with E-state index in [0.29, 0.717) is 0 Å². The molecule has 0 saturated heterocycles. The second-order valence-corrected chi connectivity index (χ2v) is 30.2. The first-order chi connectivity index (χ1) is 51.1. The highest BCUT2D eigenvalue weighted by Gasteiger charge is 2.38. The van der Waals surface area contributed by atoms with Crippen molar-refractivity contribution in [2.24, 2.45) is 0 Å². The van der Waals surface area contributed by atoms with E-state index in [-0.39, 0.29) is 16.2 Å².